The first-order valence-corrected chi connectivity index (χ1v) is 11.0. The Morgan fingerprint density at radius 3 is 2.31 bits per heavy atom. The SMILES string of the molecule is CCN1CCN(c2ccccc2NC(=O)N2CCN(c3ccc([N+](=O)[O-])nc3)CC2)CC1. The van der Waals surface area contributed by atoms with Crippen molar-refractivity contribution < 1.29 is 9.72 Å². The number of para-hydroxylation sites is 2. The van der Waals surface area contributed by atoms with Crippen molar-refractivity contribution in [1.82, 2.24) is 14.8 Å². The third-order valence-corrected chi connectivity index (χ3v) is 6.16. The highest BCUT2D eigenvalue weighted by molar-refractivity contribution is 5.93. The number of nitrogens with one attached hydrogen (secondary N) is 1. The van der Waals surface area contributed by atoms with E-state index in [0.717, 1.165) is 49.8 Å². The minimum atomic E-state index is -0.506. The third kappa shape index (κ3) is 4.91. The summed E-state index contributed by atoms with van der Waals surface area (Å²) >= 11 is 0. The summed E-state index contributed by atoms with van der Waals surface area (Å²) in [7, 11) is 0. The lowest BCUT2D eigenvalue weighted by Gasteiger charge is -2.37. The Kier molecular flexibility index (Phi) is 6.69. The number of hydrogen-bond acceptors (Lipinski definition) is 7. The fourth-order valence-corrected chi connectivity index (χ4v) is 4.20. The molecule has 32 heavy (non-hydrogen) atoms. The molecule has 4 rings (SSSR count). The number of carbonyl (C=O) groups excluding carboxylic acids is 1. The molecule has 0 aliphatic carbocycles. The van der Waals surface area contributed by atoms with E-state index in [1.807, 2.05) is 18.2 Å². The zero-order chi connectivity index (χ0) is 22.5. The van der Waals surface area contributed by atoms with E-state index < -0.39 is 4.92 Å². The second kappa shape index (κ2) is 9.82. The van der Waals surface area contributed by atoms with Crippen LogP contribution in [-0.4, -0.2) is 84.6 Å². The van der Waals surface area contributed by atoms with E-state index >= 15 is 0 Å². The number of piperazine rings is 2. The van der Waals surface area contributed by atoms with Crippen molar-refractivity contribution in [2.45, 2.75) is 6.92 Å². The average Bonchev–Trinajstić information content (AvgIpc) is 2.84. The number of aromatic nitrogens is 1. The molecule has 1 aromatic heterocycles. The van der Waals surface area contributed by atoms with Gasteiger partial charge >= 0.3 is 11.8 Å². The van der Waals surface area contributed by atoms with Crippen LogP contribution in [0, 0.1) is 10.1 Å². The van der Waals surface area contributed by atoms with Crippen molar-refractivity contribution >= 4 is 28.9 Å². The van der Waals surface area contributed by atoms with Gasteiger partial charge in [-0.1, -0.05) is 19.1 Å². The smallest absolute Gasteiger partial charge is 0.363 e. The molecule has 1 N–H and O–H groups in total. The van der Waals surface area contributed by atoms with Crippen molar-refractivity contribution in [3.8, 4) is 0 Å². The zero-order valence-corrected chi connectivity index (χ0v) is 18.3. The molecule has 0 saturated carbocycles. The predicted molar refractivity (Wildman–Crippen MR) is 124 cm³/mol. The lowest BCUT2D eigenvalue weighted by Crippen LogP contribution is -2.50. The average molecular weight is 440 g/mol. The maximum Gasteiger partial charge on any atom is 0.363 e. The van der Waals surface area contributed by atoms with Crippen LogP contribution in [0.15, 0.2) is 42.6 Å². The van der Waals surface area contributed by atoms with E-state index in [1.165, 1.54) is 12.3 Å². The number of amides is 2. The molecule has 2 amide bonds. The molecule has 3 heterocycles. The number of nitrogens with zero attached hydrogens (tertiary/aromatic N) is 6. The Hall–Kier alpha value is -3.40. The van der Waals surface area contributed by atoms with Crippen LogP contribution < -0.4 is 15.1 Å². The molecule has 170 valence electrons. The Labute approximate surface area is 187 Å². The fourth-order valence-electron chi connectivity index (χ4n) is 4.20. The van der Waals surface area contributed by atoms with Crippen LogP contribution in [0.25, 0.3) is 0 Å². The van der Waals surface area contributed by atoms with Gasteiger partial charge in [0.15, 0.2) is 6.20 Å². The number of pyridine rings is 1. The second-order valence-corrected chi connectivity index (χ2v) is 7.97. The van der Waals surface area contributed by atoms with Crippen LogP contribution in [0.5, 0.6) is 0 Å². The Balaban J connectivity index is 1.34. The normalized spacial score (nSPS) is 17.3. The molecule has 2 aromatic rings. The lowest BCUT2D eigenvalue weighted by atomic mass is 10.2. The third-order valence-electron chi connectivity index (χ3n) is 6.16. The highest BCUT2D eigenvalue weighted by Gasteiger charge is 2.24. The molecular formula is C22H29N7O3. The summed E-state index contributed by atoms with van der Waals surface area (Å²) in [6.07, 6.45) is 1.52. The monoisotopic (exact) mass is 439 g/mol. The van der Waals surface area contributed by atoms with Gasteiger partial charge in [0.2, 0.25) is 0 Å². The Morgan fingerprint density at radius 2 is 1.69 bits per heavy atom. The second-order valence-electron chi connectivity index (χ2n) is 7.97. The topological polar surface area (TPSA) is 98.1 Å². The molecule has 0 spiro atoms. The van der Waals surface area contributed by atoms with Crippen molar-refractivity contribution in [3.63, 3.8) is 0 Å². The van der Waals surface area contributed by atoms with Crippen LogP contribution in [0.4, 0.5) is 27.7 Å². The molecule has 0 bridgehead atoms. The van der Waals surface area contributed by atoms with Gasteiger partial charge in [0.1, 0.15) is 0 Å². The zero-order valence-electron chi connectivity index (χ0n) is 18.3. The van der Waals surface area contributed by atoms with E-state index in [-0.39, 0.29) is 11.8 Å². The maximum atomic E-state index is 12.9. The summed E-state index contributed by atoms with van der Waals surface area (Å²) in [6, 6.07) is 11.0. The van der Waals surface area contributed by atoms with Gasteiger partial charge in [0.25, 0.3) is 0 Å². The quantitative estimate of drug-likeness (QED) is 0.565. The van der Waals surface area contributed by atoms with Crippen molar-refractivity contribution in [1.29, 1.82) is 0 Å². The number of rotatable bonds is 5. The van der Waals surface area contributed by atoms with Crippen molar-refractivity contribution in [3.05, 3.63) is 52.7 Å². The highest BCUT2D eigenvalue weighted by Crippen LogP contribution is 2.27. The van der Waals surface area contributed by atoms with Crippen LogP contribution in [0.1, 0.15) is 6.92 Å². The minimum Gasteiger partial charge on any atom is -0.367 e. The Bertz CT molecular complexity index is 937. The first-order chi connectivity index (χ1) is 15.5. The molecule has 0 radical (unpaired) electrons. The summed E-state index contributed by atoms with van der Waals surface area (Å²) in [5, 5.41) is 13.9. The van der Waals surface area contributed by atoms with Gasteiger partial charge in [0.05, 0.1) is 17.1 Å². The number of nitro groups is 1. The summed E-state index contributed by atoms with van der Waals surface area (Å²) in [5.41, 5.74) is 2.73. The molecule has 1 aromatic carbocycles. The van der Waals surface area contributed by atoms with Crippen LogP contribution in [0.2, 0.25) is 0 Å². The molecule has 10 nitrogen and oxygen atoms in total. The van der Waals surface area contributed by atoms with Gasteiger partial charge in [-0.05, 0) is 34.7 Å². The summed E-state index contributed by atoms with van der Waals surface area (Å²) in [6.45, 7) is 9.62. The summed E-state index contributed by atoms with van der Waals surface area (Å²) < 4.78 is 0. The van der Waals surface area contributed by atoms with Gasteiger partial charge in [-0.25, -0.2) is 4.79 Å². The van der Waals surface area contributed by atoms with Crippen molar-refractivity contribution in [2.24, 2.45) is 0 Å². The number of anilines is 3. The largest absolute Gasteiger partial charge is 0.367 e. The number of carbonyl (C=O) groups is 1. The summed E-state index contributed by atoms with van der Waals surface area (Å²) in [4.78, 5) is 35.8. The first-order valence-electron chi connectivity index (χ1n) is 11.0. The molecule has 2 fully saturated rings. The van der Waals surface area contributed by atoms with Gasteiger partial charge < -0.3 is 35.0 Å². The number of benzene rings is 1. The number of hydrogen-bond donors (Lipinski definition) is 1. The molecular weight excluding hydrogens is 410 g/mol. The van der Waals surface area contributed by atoms with E-state index in [9.17, 15) is 14.9 Å². The van der Waals surface area contributed by atoms with Crippen LogP contribution >= 0.6 is 0 Å². The van der Waals surface area contributed by atoms with E-state index in [1.54, 1.807) is 11.0 Å². The first kappa shape index (κ1) is 21.8. The van der Waals surface area contributed by atoms with Crippen molar-refractivity contribution in [2.75, 3.05) is 74.0 Å². The lowest BCUT2D eigenvalue weighted by molar-refractivity contribution is -0.389. The number of urea groups is 1. The van der Waals surface area contributed by atoms with Crippen LogP contribution in [0.3, 0.4) is 0 Å². The van der Waals surface area contributed by atoms with E-state index in [2.05, 4.69) is 38.0 Å². The predicted octanol–water partition coefficient (Wildman–Crippen LogP) is 2.49. The molecule has 2 aliphatic rings. The molecule has 0 unspecified atom stereocenters. The fraction of sp³-hybridized carbons (Fsp3) is 0.455. The van der Waals surface area contributed by atoms with Gasteiger partial charge in [-0.3, -0.25) is 0 Å². The van der Waals surface area contributed by atoms with Crippen LogP contribution in [-0.2, 0) is 0 Å². The molecule has 2 saturated heterocycles. The van der Waals surface area contributed by atoms with Gasteiger partial charge in [0, 0.05) is 58.4 Å². The van der Waals surface area contributed by atoms with E-state index in [4.69, 9.17) is 0 Å². The number of likely N-dealkylation sites (N-methyl/N-ethyl adjacent to an activating group) is 1. The van der Waals surface area contributed by atoms with Gasteiger partial charge in [-0.2, -0.15) is 0 Å². The van der Waals surface area contributed by atoms with E-state index in [0.29, 0.717) is 26.2 Å². The Morgan fingerprint density at radius 1 is 1.00 bits per heavy atom. The highest BCUT2D eigenvalue weighted by atomic mass is 16.6. The minimum absolute atomic E-state index is 0.105. The standard InChI is InChI=1S/C22H29N7O3/c1-2-25-9-11-27(12-10-25)20-6-4-3-5-19(20)24-22(30)28-15-13-26(14-16-28)18-7-8-21(23-17-18)29(31)32/h3-8,17H,2,9-16H2,1H3,(H,24,30). The summed E-state index contributed by atoms with van der Waals surface area (Å²) in [5.74, 6) is -0.165. The van der Waals surface area contributed by atoms with Gasteiger partial charge in [-0.15, -0.1) is 0 Å². The molecule has 0 atom stereocenters. The molecule has 10 heteroatoms. The maximum absolute atomic E-state index is 12.9. The molecule has 2 aliphatic heterocycles.